The molecule has 4 heteroatoms. The first-order valence-corrected chi connectivity index (χ1v) is 9.10. The van der Waals surface area contributed by atoms with Crippen LogP contribution in [-0.4, -0.2) is 24.7 Å². The van der Waals surface area contributed by atoms with E-state index in [0.717, 1.165) is 19.3 Å². The molecular weight excluding hydrogens is 300 g/mol. The summed E-state index contributed by atoms with van der Waals surface area (Å²) >= 11 is 0. The van der Waals surface area contributed by atoms with Crippen molar-refractivity contribution in [2.75, 3.05) is 12.3 Å². The molecule has 0 unspecified atom stereocenters. The third-order valence-corrected chi connectivity index (χ3v) is 4.04. The number of benzene rings is 1. The number of hydrogen-bond acceptors (Lipinski definition) is 4. The van der Waals surface area contributed by atoms with Crippen molar-refractivity contribution in [3.05, 3.63) is 29.8 Å². The Morgan fingerprint density at radius 1 is 1.04 bits per heavy atom. The summed E-state index contributed by atoms with van der Waals surface area (Å²) < 4.78 is 5.49. The van der Waals surface area contributed by atoms with Crippen LogP contribution in [0, 0.1) is 11.8 Å². The summed E-state index contributed by atoms with van der Waals surface area (Å²) in [5.41, 5.74) is 6.83. The Hall–Kier alpha value is -1.55. The molecule has 0 spiro atoms. The molecule has 1 aromatic rings. The van der Waals surface area contributed by atoms with Gasteiger partial charge in [-0.2, -0.15) is 0 Å². The Labute approximate surface area is 147 Å². The van der Waals surface area contributed by atoms with Crippen molar-refractivity contribution >= 4 is 11.7 Å². The highest BCUT2D eigenvalue weighted by atomic mass is 16.5. The maximum absolute atomic E-state index is 12.1. The number of ether oxygens (including phenoxy) is 1. The first-order valence-electron chi connectivity index (χ1n) is 9.10. The molecule has 1 rings (SSSR count). The lowest BCUT2D eigenvalue weighted by molar-refractivity contribution is 0.0452. The van der Waals surface area contributed by atoms with Crippen molar-refractivity contribution in [3.8, 4) is 0 Å². The van der Waals surface area contributed by atoms with Crippen molar-refractivity contribution < 1.29 is 9.53 Å². The van der Waals surface area contributed by atoms with Crippen LogP contribution in [0.2, 0.25) is 0 Å². The van der Waals surface area contributed by atoms with Crippen LogP contribution in [0.4, 0.5) is 5.69 Å². The van der Waals surface area contributed by atoms with Crippen LogP contribution in [0.1, 0.15) is 64.2 Å². The number of carbonyl (C=O) groups is 1. The predicted octanol–water partition coefficient (Wildman–Crippen LogP) is 4.25. The predicted molar refractivity (Wildman–Crippen MR) is 101 cm³/mol. The number of nitrogens with one attached hydrogen (secondary N) is 1. The Morgan fingerprint density at radius 2 is 1.58 bits per heavy atom. The molecular formula is C20H34N2O2. The van der Waals surface area contributed by atoms with E-state index < -0.39 is 0 Å². The van der Waals surface area contributed by atoms with Gasteiger partial charge in [-0.05, 0) is 55.4 Å². The third-order valence-electron chi connectivity index (χ3n) is 4.04. The smallest absolute Gasteiger partial charge is 0.338 e. The van der Waals surface area contributed by atoms with Crippen molar-refractivity contribution in [2.45, 2.75) is 66.0 Å². The molecule has 1 aromatic carbocycles. The molecule has 0 aliphatic carbocycles. The van der Waals surface area contributed by atoms with Crippen LogP contribution in [0.25, 0.3) is 0 Å². The monoisotopic (exact) mass is 334 g/mol. The summed E-state index contributed by atoms with van der Waals surface area (Å²) in [6.07, 6.45) is 3.21. The molecule has 0 aliphatic rings. The van der Waals surface area contributed by atoms with E-state index in [0.29, 0.717) is 35.7 Å². The molecule has 136 valence electrons. The van der Waals surface area contributed by atoms with E-state index in [1.807, 2.05) is 0 Å². The second-order valence-electron chi connectivity index (χ2n) is 7.45. The van der Waals surface area contributed by atoms with E-state index in [1.165, 1.54) is 0 Å². The summed E-state index contributed by atoms with van der Waals surface area (Å²) in [5, 5.41) is 3.69. The fraction of sp³-hybridized carbons (Fsp3) is 0.650. The number of anilines is 1. The zero-order valence-electron chi connectivity index (χ0n) is 15.8. The molecule has 0 radical (unpaired) electrons. The van der Waals surface area contributed by atoms with Gasteiger partial charge in [-0.25, -0.2) is 4.79 Å². The van der Waals surface area contributed by atoms with Crippen molar-refractivity contribution in [1.82, 2.24) is 5.32 Å². The lowest BCUT2D eigenvalue weighted by Crippen LogP contribution is -2.42. The molecule has 0 heterocycles. The minimum atomic E-state index is -0.292. The van der Waals surface area contributed by atoms with Crippen LogP contribution in [-0.2, 0) is 4.74 Å². The van der Waals surface area contributed by atoms with Gasteiger partial charge in [0.1, 0.15) is 6.61 Å². The number of esters is 1. The number of rotatable bonds is 10. The molecule has 0 saturated heterocycles. The van der Waals surface area contributed by atoms with E-state index >= 15 is 0 Å². The SMILES string of the molecule is CC[C@H](COC(=O)c1ccc(N)cc1)NC(CC(C)C)CC(C)C. The first-order chi connectivity index (χ1) is 11.3. The van der Waals surface area contributed by atoms with E-state index in [4.69, 9.17) is 10.5 Å². The van der Waals surface area contributed by atoms with Crippen LogP contribution in [0.5, 0.6) is 0 Å². The average molecular weight is 335 g/mol. The van der Waals surface area contributed by atoms with Crippen LogP contribution < -0.4 is 11.1 Å². The Morgan fingerprint density at radius 3 is 2.04 bits per heavy atom. The second kappa shape index (κ2) is 10.3. The molecule has 0 amide bonds. The lowest BCUT2D eigenvalue weighted by atomic mass is 9.95. The standard InChI is InChI=1S/C20H34N2O2/c1-6-18(22-19(11-14(2)3)12-15(4)5)13-24-20(23)16-7-9-17(21)10-8-16/h7-10,14-15,18-19,22H,6,11-13,21H2,1-5H3/t18-/m1/s1. The summed E-state index contributed by atoms with van der Waals surface area (Å²) in [7, 11) is 0. The van der Waals surface area contributed by atoms with Crippen LogP contribution >= 0.6 is 0 Å². The number of carbonyl (C=O) groups excluding carboxylic acids is 1. The summed E-state index contributed by atoms with van der Waals surface area (Å²) in [6.45, 7) is 11.5. The number of hydrogen-bond donors (Lipinski definition) is 2. The minimum absolute atomic E-state index is 0.185. The van der Waals surface area contributed by atoms with E-state index in [1.54, 1.807) is 24.3 Å². The van der Waals surface area contributed by atoms with Gasteiger partial charge in [-0.15, -0.1) is 0 Å². The molecule has 0 fully saturated rings. The fourth-order valence-corrected chi connectivity index (χ4v) is 2.87. The topological polar surface area (TPSA) is 64.3 Å². The van der Waals surface area contributed by atoms with Crippen molar-refractivity contribution in [3.63, 3.8) is 0 Å². The van der Waals surface area contributed by atoms with Gasteiger partial charge in [-0.3, -0.25) is 0 Å². The third kappa shape index (κ3) is 7.82. The molecule has 4 nitrogen and oxygen atoms in total. The normalized spacial score (nSPS) is 12.8. The van der Waals surface area contributed by atoms with Crippen molar-refractivity contribution in [1.29, 1.82) is 0 Å². The highest BCUT2D eigenvalue weighted by Gasteiger charge is 2.18. The van der Waals surface area contributed by atoms with Crippen molar-refractivity contribution in [2.24, 2.45) is 11.8 Å². The Kier molecular flexibility index (Phi) is 8.83. The van der Waals surface area contributed by atoms with Gasteiger partial charge in [0.05, 0.1) is 5.56 Å². The van der Waals surface area contributed by atoms with E-state index in [2.05, 4.69) is 39.9 Å². The zero-order valence-corrected chi connectivity index (χ0v) is 15.8. The highest BCUT2D eigenvalue weighted by Crippen LogP contribution is 2.15. The van der Waals surface area contributed by atoms with Gasteiger partial charge >= 0.3 is 5.97 Å². The maximum Gasteiger partial charge on any atom is 0.338 e. The van der Waals surface area contributed by atoms with E-state index in [9.17, 15) is 4.79 Å². The molecule has 0 saturated carbocycles. The van der Waals surface area contributed by atoms with Gasteiger partial charge in [-0.1, -0.05) is 34.6 Å². The summed E-state index contributed by atoms with van der Waals surface area (Å²) in [4.78, 5) is 12.1. The van der Waals surface area contributed by atoms with Gasteiger partial charge in [0, 0.05) is 17.8 Å². The van der Waals surface area contributed by atoms with Gasteiger partial charge in [0.15, 0.2) is 0 Å². The van der Waals surface area contributed by atoms with E-state index in [-0.39, 0.29) is 12.0 Å². The van der Waals surface area contributed by atoms with Gasteiger partial charge in [0.25, 0.3) is 0 Å². The first kappa shape index (κ1) is 20.5. The lowest BCUT2D eigenvalue weighted by Gasteiger charge is -2.27. The Balaban J connectivity index is 2.55. The minimum Gasteiger partial charge on any atom is -0.460 e. The zero-order chi connectivity index (χ0) is 18.1. The summed E-state index contributed by atoms with van der Waals surface area (Å²) in [5.74, 6) is 1.01. The highest BCUT2D eigenvalue weighted by molar-refractivity contribution is 5.89. The van der Waals surface area contributed by atoms with Gasteiger partial charge < -0.3 is 15.8 Å². The van der Waals surface area contributed by atoms with Crippen LogP contribution in [0.3, 0.4) is 0 Å². The number of nitrogens with two attached hydrogens (primary N) is 1. The number of nitrogen functional groups attached to an aromatic ring is 1. The quantitative estimate of drug-likeness (QED) is 0.496. The average Bonchev–Trinajstić information content (AvgIpc) is 2.50. The molecule has 24 heavy (non-hydrogen) atoms. The molecule has 0 aromatic heterocycles. The maximum atomic E-state index is 12.1. The molecule has 3 N–H and O–H groups in total. The van der Waals surface area contributed by atoms with Crippen LogP contribution in [0.15, 0.2) is 24.3 Å². The molecule has 0 bridgehead atoms. The molecule has 1 atom stereocenters. The fourth-order valence-electron chi connectivity index (χ4n) is 2.87. The Bertz CT molecular complexity index is 473. The van der Waals surface area contributed by atoms with Gasteiger partial charge in [0.2, 0.25) is 0 Å². The second-order valence-corrected chi connectivity index (χ2v) is 7.45. The largest absolute Gasteiger partial charge is 0.460 e. The molecule has 0 aliphatic heterocycles. The summed E-state index contributed by atoms with van der Waals surface area (Å²) in [6, 6.07) is 7.48.